The number of aryl methyl sites for hydroxylation is 1. The van der Waals surface area contributed by atoms with Crippen molar-refractivity contribution in [2.45, 2.75) is 36.4 Å². The largest absolute Gasteiger partial charge is 0.497 e. The number of methoxy groups -OCH3 is 2. The summed E-state index contributed by atoms with van der Waals surface area (Å²) in [6.07, 6.45) is 1.51. The molecule has 216 valence electrons. The van der Waals surface area contributed by atoms with Crippen molar-refractivity contribution in [2.24, 2.45) is 5.73 Å². The molecule has 5 rings (SSSR count). The maximum atomic E-state index is 13.6. The number of amides is 1. The Morgan fingerprint density at radius 1 is 1.24 bits per heavy atom. The first-order valence-electron chi connectivity index (χ1n) is 13.0. The number of anilines is 2. The second-order valence-corrected chi connectivity index (χ2v) is 11.7. The lowest BCUT2D eigenvalue weighted by atomic mass is 9.75. The van der Waals surface area contributed by atoms with Crippen LogP contribution in [0.5, 0.6) is 11.5 Å². The predicted molar refractivity (Wildman–Crippen MR) is 158 cm³/mol. The minimum Gasteiger partial charge on any atom is -0.497 e. The van der Waals surface area contributed by atoms with Crippen LogP contribution in [-0.4, -0.2) is 41.9 Å². The number of Topliss-reactive ketones (excluding diaryl/α,β-unsaturated/α-hetero) is 1. The molecule has 2 heterocycles. The maximum absolute atomic E-state index is 13.6. The van der Waals surface area contributed by atoms with E-state index in [0.717, 1.165) is 5.56 Å². The minimum atomic E-state index is -0.716. The number of halogens is 1. The highest BCUT2D eigenvalue weighted by Crippen LogP contribution is 2.49. The van der Waals surface area contributed by atoms with E-state index in [1.165, 1.54) is 42.3 Å². The van der Waals surface area contributed by atoms with Crippen LogP contribution in [-0.2, 0) is 9.59 Å². The molecule has 2 aliphatic rings. The standard InChI is InChI=1S/C29H27FN6O4S2/c1-15-7-8-16(30)11-20(15)33-24(38)14-41-29-35-34-28(42-29)36-21-5-4-6-22(37)26(21)25(19(13-31)27(36)32)18-10-9-17(39-2)12-23(18)40-3/h7-12,25H,4-6,14,32H2,1-3H3,(H,33,38). The smallest absolute Gasteiger partial charge is 0.234 e. The number of nitriles is 1. The molecule has 0 fully saturated rings. The van der Waals surface area contributed by atoms with E-state index < -0.39 is 11.7 Å². The van der Waals surface area contributed by atoms with Crippen LogP contribution in [0.2, 0.25) is 0 Å². The molecule has 13 heteroatoms. The van der Waals surface area contributed by atoms with Crippen molar-refractivity contribution < 1.29 is 23.5 Å². The van der Waals surface area contributed by atoms with Gasteiger partial charge in [-0.2, -0.15) is 5.26 Å². The second-order valence-electron chi connectivity index (χ2n) is 9.57. The van der Waals surface area contributed by atoms with E-state index in [-0.39, 0.29) is 28.8 Å². The van der Waals surface area contributed by atoms with Crippen molar-refractivity contribution in [3.63, 3.8) is 0 Å². The summed E-state index contributed by atoms with van der Waals surface area (Å²) < 4.78 is 25.0. The van der Waals surface area contributed by atoms with Crippen LogP contribution in [0.15, 0.2) is 63.4 Å². The van der Waals surface area contributed by atoms with Crippen molar-refractivity contribution in [3.8, 4) is 17.6 Å². The van der Waals surface area contributed by atoms with Gasteiger partial charge >= 0.3 is 0 Å². The summed E-state index contributed by atoms with van der Waals surface area (Å²) in [6, 6.07) is 11.7. The van der Waals surface area contributed by atoms with Crippen LogP contribution in [0.1, 0.15) is 36.3 Å². The molecule has 0 saturated heterocycles. The van der Waals surface area contributed by atoms with E-state index in [0.29, 0.717) is 62.8 Å². The van der Waals surface area contributed by atoms with Gasteiger partial charge in [-0.3, -0.25) is 14.5 Å². The van der Waals surface area contributed by atoms with E-state index in [9.17, 15) is 19.2 Å². The minimum absolute atomic E-state index is 0.0190. The molecule has 3 aromatic rings. The van der Waals surface area contributed by atoms with Gasteiger partial charge in [-0.1, -0.05) is 35.2 Å². The molecule has 0 saturated carbocycles. The van der Waals surface area contributed by atoms with E-state index in [4.69, 9.17) is 15.2 Å². The van der Waals surface area contributed by atoms with E-state index in [1.807, 2.05) is 0 Å². The number of thioether (sulfide) groups is 1. The molecule has 0 bridgehead atoms. The Hall–Kier alpha value is -4.41. The Kier molecular flexibility index (Phi) is 8.46. The third kappa shape index (κ3) is 5.55. The highest BCUT2D eigenvalue weighted by Gasteiger charge is 2.42. The highest BCUT2D eigenvalue weighted by molar-refractivity contribution is 8.01. The lowest BCUT2D eigenvalue weighted by molar-refractivity contribution is -0.116. The fourth-order valence-electron chi connectivity index (χ4n) is 5.07. The quantitative estimate of drug-likeness (QED) is 0.335. The molecule has 10 nitrogen and oxygen atoms in total. The fourth-order valence-corrected chi connectivity index (χ4v) is 6.75. The summed E-state index contributed by atoms with van der Waals surface area (Å²) in [5.41, 5.74) is 9.76. The van der Waals surface area contributed by atoms with E-state index >= 15 is 0 Å². The van der Waals surface area contributed by atoms with Crippen LogP contribution in [0.3, 0.4) is 0 Å². The molecular formula is C29H27FN6O4S2. The van der Waals surface area contributed by atoms with Gasteiger partial charge in [-0.15, -0.1) is 10.2 Å². The Bertz CT molecular complexity index is 1680. The molecule has 42 heavy (non-hydrogen) atoms. The highest BCUT2D eigenvalue weighted by atomic mass is 32.2. The van der Waals surface area contributed by atoms with Crippen molar-refractivity contribution in [1.82, 2.24) is 10.2 Å². The number of carbonyl (C=O) groups excluding carboxylic acids is 2. The van der Waals surface area contributed by atoms with Crippen molar-refractivity contribution in [3.05, 3.63) is 76.0 Å². The fraction of sp³-hybridized carbons (Fsp3) is 0.276. The zero-order valence-corrected chi connectivity index (χ0v) is 24.7. The molecule has 1 amide bonds. The number of hydrogen-bond donors (Lipinski definition) is 2. The number of hydrogen-bond acceptors (Lipinski definition) is 11. The molecule has 1 aliphatic carbocycles. The molecular weight excluding hydrogens is 579 g/mol. The summed E-state index contributed by atoms with van der Waals surface area (Å²) >= 11 is 2.36. The number of aromatic nitrogens is 2. The Balaban J connectivity index is 1.45. The molecule has 1 aliphatic heterocycles. The molecule has 1 aromatic heterocycles. The summed E-state index contributed by atoms with van der Waals surface area (Å²) in [6.45, 7) is 1.78. The zero-order valence-electron chi connectivity index (χ0n) is 23.1. The van der Waals surface area contributed by atoms with Crippen LogP contribution >= 0.6 is 23.1 Å². The molecule has 2 aromatic carbocycles. The van der Waals surface area contributed by atoms with Crippen LogP contribution in [0, 0.1) is 24.1 Å². The van der Waals surface area contributed by atoms with Gasteiger partial charge in [-0.25, -0.2) is 4.39 Å². The van der Waals surface area contributed by atoms with Gasteiger partial charge in [0.15, 0.2) is 10.1 Å². The Labute approximate surface area is 250 Å². The molecule has 0 spiro atoms. The first kappa shape index (κ1) is 29.1. The third-order valence-corrected chi connectivity index (χ3v) is 9.09. The molecule has 1 atom stereocenters. The maximum Gasteiger partial charge on any atom is 0.234 e. The summed E-state index contributed by atoms with van der Waals surface area (Å²) in [4.78, 5) is 27.6. The molecule has 3 N–H and O–H groups in total. The van der Waals surface area contributed by atoms with Crippen molar-refractivity contribution in [2.75, 3.05) is 30.2 Å². The average Bonchev–Trinajstić information content (AvgIpc) is 3.45. The van der Waals surface area contributed by atoms with Gasteiger partial charge in [0.05, 0.1) is 37.5 Å². The number of ketones is 1. The van der Waals surface area contributed by atoms with E-state index in [1.54, 1.807) is 43.2 Å². The number of allylic oxidation sites excluding steroid dienone is 3. The van der Waals surface area contributed by atoms with Gasteiger partial charge in [-0.05, 0) is 43.5 Å². The Morgan fingerprint density at radius 2 is 2.05 bits per heavy atom. The van der Waals surface area contributed by atoms with Gasteiger partial charge < -0.3 is 20.5 Å². The van der Waals surface area contributed by atoms with Gasteiger partial charge in [0.1, 0.15) is 23.1 Å². The van der Waals surface area contributed by atoms with Crippen LogP contribution in [0.25, 0.3) is 0 Å². The predicted octanol–water partition coefficient (Wildman–Crippen LogP) is 5.04. The number of benzene rings is 2. The molecule has 1 unspecified atom stereocenters. The lowest BCUT2D eigenvalue weighted by Gasteiger charge is -2.38. The topological polar surface area (TPSA) is 143 Å². The average molecular weight is 607 g/mol. The first-order valence-corrected chi connectivity index (χ1v) is 14.8. The van der Waals surface area contributed by atoms with Gasteiger partial charge in [0.25, 0.3) is 0 Å². The summed E-state index contributed by atoms with van der Waals surface area (Å²) in [7, 11) is 3.06. The summed E-state index contributed by atoms with van der Waals surface area (Å²) in [5, 5.41) is 21.9. The van der Waals surface area contributed by atoms with Crippen LogP contribution in [0.4, 0.5) is 15.2 Å². The third-order valence-electron chi connectivity index (χ3n) is 7.05. The van der Waals surface area contributed by atoms with E-state index in [2.05, 4.69) is 21.6 Å². The zero-order chi connectivity index (χ0) is 30.0. The summed E-state index contributed by atoms with van der Waals surface area (Å²) in [5.74, 6) is -0.338. The van der Waals surface area contributed by atoms with Crippen LogP contribution < -0.4 is 25.4 Å². The van der Waals surface area contributed by atoms with Crippen molar-refractivity contribution >= 4 is 45.6 Å². The number of carbonyl (C=O) groups is 2. The lowest BCUT2D eigenvalue weighted by Crippen LogP contribution is -2.38. The van der Waals surface area contributed by atoms with Crippen molar-refractivity contribution in [1.29, 1.82) is 5.26 Å². The number of ether oxygens (including phenoxy) is 2. The number of rotatable bonds is 8. The molecule has 0 radical (unpaired) electrons. The van der Waals surface area contributed by atoms with Gasteiger partial charge in [0.2, 0.25) is 11.0 Å². The number of nitrogens with one attached hydrogen (secondary N) is 1. The Morgan fingerprint density at radius 3 is 2.79 bits per heavy atom. The number of nitrogens with two attached hydrogens (primary N) is 1. The van der Waals surface area contributed by atoms with Gasteiger partial charge in [0, 0.05) is 35.0 Å². The SMILES string of the molecule is COc1ccc(C2C(C#N)=C(N)N(c3nnc(SCC(=O)Nc4cc(F)ccc4C)s3)C3=C2C(=O)CCC3)c(OC)c1. The second kappa shape index (κ2) is 12.2. The normalized spacial score (nSPS) is 16.7. The first-order chi connectivity index (χ1) is 20.2. The monoisotopic (exact) mass is 606 g/mol. The number of nitrogens with zero attached hydrogens (tertiary/aromatic N) is 4.